The third-order valence-corrected chi connectivity index (χ3v) is 7.30. The molecule has 3 heterocycles. The van der Waals surface area contributed by atoms with E-state index in [1.807, 2.05) is 14.0 Å². The van der Waals surface area contributed by atoms with Crippen molar-refractivity contribution >= 4 is 28.9 Å². The molecule has 0 aliphatic carbocycles. The van der Waals surface area contributed by atoms with Crippen LogP contribution in [0.5, 0.6) is 0 Å². The minimum Gasteiger partial charge on any atom is -0.447 e. The average molecular weight is 580 g/mol. The molecule has 1 aromatic heterocycles. The van der Waals surface area contributed by atoms with Crippen molar-refractivity contribution in [3.8, 4) is 0 Å². The lowest BCUT2D eigenvalue weighted by Gasteiger charge is -2.40. The Hall–Kier alpha value is -3.87. The fraction of sp³-hybridized carbons (Fsp3) is 0.464. The molecule has 2 aliphatic rings. The molecule has 2 aliphatic heterocycles. The van der Waals surface area contributed by atoms with Crippen LogP contribution in [0.4, 0.5) is 33.7 Å². The third kappa shape index (κ3) is 6.55. The number of hydrogen-bond donors (Lipinski definition) is 2. The van der Waals surface area contributed by atoms with Gasteiger partial charge in [0.15, 0.2) is 5.82 Å². The van der Waals surface area contributed by atoms with Crippen LogP contribution < -0.4 is 15.8 Å². The van der Waals surface area contributed by atoms with Crippen molar-refractivity contribution in [3.05, 3.63) is 63.1 Å². The van der Waals surface area contributed by atoms with Crippen molar-refractivity contribution in [3.63, 3.8) is 0 Å². The van der Waals surface area contributed by atoms with Gasteiger partial charge in [0.1, 0.15) is 11.5 Å². The third-order valence-electron chi connectivity index (χ3n) is 7.30. The normalized spacial score (nSPS) is 18.1. The van der Waals surface area contributed by atoms with Gasteiger partial charge in [-0.3, -0.25) is 9.59 Å². The number of aromatic amines is 1. The maximum absolute atomic E-state index is 16.3. The van der Waals surface area contributed by atoms with E-state index in [0.29, 0.717) is 31.3 Å². The van der Waals surface area contributed by atoms with E-state index in [0.717, 1.165) is 12.3 Å². The summed E-state index contributed by atoms with van der Waals surface area (Å²) in [6.07, 6.45) is -1.52. The van der Waals surface area contributed by atoms with Gasteiger partial charge in [-0.2, -0.15) is 0 Å². The Morgan fingerprint density at radius 1 is 1.15 bits per heavy atom. The number of ether oxygens (including phenoxy) is 1. The SMILES string of the molecule is CC(C)OC(=O)N1CC=C(c2c(F)cc(N3CCN(C)C(C)C3)c(NC(=O)c3c[nH]c(=O)cc3C(F)F)c2F)CC1. The van der Waals surface area contributed by atoms with Crippen LogP contribution in [0.15, 0.2) is 29.2 Å². The first-order chi connectivity index (χ1) is 19.4. The molecule has 222 valence electrons. The van der Waals surface area contributed by atoms with Gasteiger partial charge < -0.3 is 29.7 Å². The fourth-order valence-electron chi connectivity index (χ4n) is 4.92. The number of anilines is 2. The molecule has 1 aromatic carbocycles. The van der Waals surface area contributed by atoms with Gasteiger partial charge in [-0.25, -0.2) is 22.4 Å². The number of amides is 2. The van der Waals surface area contributed by atoms with Gasteiger partial charge in [0.2, 0.25) is 5.56 Å². The van der Waals surface area contributed by atoms with Crippen LogP contribution in [0, 0.1) is 11.6 Å². The zero-order valence-electron chi connectivity index (χ0n) is 23.3. The number of H-pyrrole nitrogens is 1. The predicted octanol–water partition coefficient (Wildman–Crippen LogP) is 4.62. The molecule has 0 radical (unpaired) electrons. The van der Waals surface area contributed by atoms with Crippen LogP contribution in [0.25, 0.3) is 5.57 Å². The van der Waals surface area contributed by atoms with E-state index in [1.165, 1.54) is 11.0 Å². The lowest BCUT2D eigenvalue weighted by atomic mass is 9.96. The van der Waals surface area contributed by atoms with Crippen LogP contribution in [0.1, 0.15) is 55.1 Å². The highest BCUT2D eigenvalue weighted by Crippen LogP contribution is 2.39. The second kappa shape index (κ2) is 12.3. The number of halogens is 4. The number of benzene rings is 1. The summed E-state index contributed by atoms with van der Waals surface area (Å²) < 4.78 is 64.4. The smallest absolute Gasteiger partial charge is 0.410 e. The second-order valence-electron chi connectivity index (χ2n) is 10.5. The van der Waals surface area contributed by atoms with Crippen molar-refractivity contribution in [2.75, 3.05) is 50.0 Å². The summed E-state index contributed by atoms with van der Waals surface area (Å²) in [6, 6.07) is 1.77. The predicted molar refractivity (Wildman–Crippen MR) is 146 cm³/mol. The van der Waals surface area contributed by atoms with E-state index in [1.54, 1.807) is 18.7 Å². The number of hydrogen-bond acceptors (Lipinski definition) is 6. The highest BCUT2D eigenvalue weighted by atomic mass is 19.3. The van der Waals surface area contributed by atoms with Gasteiger partial charge in [-0.05, 0) is 39.8 Å². The molecule has 0 spiro atoms. The molecule has 4 rings (SSSR count). The lowest BCUT2D eigenvalue weighted by molar-refractivity contribution is 0.0799. The summed E-state index contributed by atoms with van der Waals surface area (Å²) in [7, 11) is 1.92. The number of carbonyl (C=O) groups is 2. The molecular weight excluding hydrogens is 546 g/mol. The van der Waals surface area contributed by atoms with E-state index >= 15 is 8.78 Å². The second-order valence-corrected chi connectivity index (χ2v) is 10.5. The van der Waals surface area contributed by atoms with E-state index in [9.17, 15) is 23.2 Å². The molecule has 9 nitrogen and oxygen atoms in total. The number of piperazine rings is 1. The van der Waals surface area contributed by atoms with Crippen molar-refractivity contribution < 1.29 is 31.9 Å². The van der Waals surface area contributed by atoms with Crippen LogP contribution in [0.3, 0.4) is 0 Å². The van der Waals surface area contributed by atoms with Crippen LogP contribution >= 0.6 is 0 Å². The number of likely N-dealkylation sites (N-methyl/N-ethyl adjacent to an activating group) is 1. The standard InChI is InChI=1S/C28H33F4N5O4/c1-15(2)41-28(40)36-7-5-17(6-8-36)23-20(29)12-21(37-10-9-35(4)16(3)14-37)25(24(23)30)34-27(39)19-13-33-22(38)11-18(19)26(31)32/h5,11-13,15-16,26H,6-10,14H2,1-4H3,(H,33,38)(H,34,39). The number of alkyl halides is 2. The zero-order chi connectivity index (χ0) is 30.0. The summed E-state index contributed by atoms with van der Waals surface area (Å²) in [4.78, 5) is 44.5. The molecule has 13 heteroatoms. The lowest BCUT2D eigenvalue weighted by Crippen LogP contribution is -2.50. The van der Waals surface area contributed by atoms with Gasteiger partial charge >= 0.3 is 6.09 Å². The fourth-order valence-corrected chi connectivity index (χ4v) is 4.92. The first-order valence-electron chi connectivity index (χ1n) is 13.3. The number of rotatable bonds is 6. The quantitative estimate of drug-likeness (QED) is 0.485. The molecule has 1 fully saturated rings. The summed E-state index contributed by atoms with van der Waals surface area (Å²) >= 11 is 0. The Bertz CT molecular complexity index is 1410. The van der Waals surface area contributed by atoms with Crippen molar-refractivity contribution in [1.29, 1.82) is 0 Å². The van der Waals surface area contributed by atoms with Gasteiger partial charge in [-0.15, -0.1) is 0 Å². The molecule has 41 heavy (non-hydrogen) atoms. The topological polar surface area (TPSA) is 98.0 Å². The van der Waals surface area contributed by atoms with Crippen LogP contribution in [-0.2, 0) is 4.74 Å². The molecule has 0 bridgehead atoms. The maximum Gasteiger partial charge on any atom is 0.410 e. The molecule has 2 aromatic rings. The van der Waals surface area contributed by atoms with Gasteiger partial charge in [0, 0.05) is 62.7 Å². The summed E-state index contributed by atoms with van der Waals surface area (Å²) in [5.74, 6) is -3.01. The molecule has 1 atom stereocenters. The number of nitrogens with zero attached hydrogens (tertiary/aromatic N) is 3. The Morgan fingerprint density at radius 3 is 2.49 bits per heavy atom. The first-order valence-corrected chi connectivity index (χ1v) is 13.3. The monoisotopic (exact) mass is 579 g/mol. The number of nitrogens with one attached hydrogen (secondary N) is 2. The molecular formula is C28H33F4N5O4. The van der Waals surface area contributed by atoms with Crippen LogP contribution in [0.2, 0.25) is 0 Å². The molecule has 1 saturated heterocycles. The molecule has 0 saturated carbocycles. The number of aromatic nitrogens is 1. The molecule has 1 unspecified atom stereocenters. The van der Waals surface area contributed by atoms with E-state index in [-0.39, 0.29) is 48.6 Å². The van der Waals surface area contributed by atoms with Crippen LogP contribution in [-0.4, -0.2) is 78.7 Å². The number of carbonyl (C=O) groups excluding carboxylic acids is 2. The Labute approximate surface area is 234 Å². The highest BCUT2D eigenvalue weighted by Gasteiger charge is 2.31. The van der Waals surface area contributed by atoms with Gasteiger partial charge in [0.25, 0.3) is 12.3 Å². The Balaban J connectivity index is 1.75. The molecule has 2 N–H and O–H groups in total. The maximum atomic E-state index is 16.3. The van der Waals surface area contributed by atoms with Crippen molar-refractivity contribution in [2.24, 2.45) is 0 Å². The summed E-state index contributed by atoms with van der Waals surface area (Å²) in [6.45, 7) is 6.98. The Morgan fingerprint density at radius 2 is 1.88 bits per heavy atom. The summed E-state index contributed by atoms with van der Waals surface area (Å²) in [5, 5.41) is 2.39. The van der Waals surface area contributed by atoms with Gasteiger partial charge in [-0.1, -0.05) is 6.08 Å². The van der Waals surface area contributed by atoms with Crippen molar-refractivity contribution in [2.45, 2.75) is 45.8 Å². The van der Waals surface area contributed by atoms with Crippen molar-refractivity contribution in [1.82, 2.24) is 14.8 Å². The first kappa shape index (κ1) is 30.1. The average Bonchev–Trinajstić information content (AvgIpc) is 2.91. The number of pyridine rings is 1. The van der Waals surface area contributed by atoms with E-state index in [4.69, 9.17) is 4.74 Å². The van der Waals surface area contributed by atoms with E-state index < -0.39 is 46.7 Å². The minimum absolute atomic E-state index is 0.0281. The van der Waals surface area contributed by atoms with Gasteiger partial charge in [0.05, 0.1) is 22.9 Å². The molecule has 2 amide bonds. The summed E-state index contributed by atoms with van der Waals surface area (Å²) in [5.41, 5.74) is -2.56. The largest absolute Gasteiger partial charge is 0.447 e. The zero-order valence-corrected chi connectivity index (χ0v) is 23.3. The van der Waals surface area contributed by atoms with E-state index in [2.05, 4.69) is 15.2 Å². The highest BCUT2D eigenvalue weighted by molar-refractivity contribution is 6.07. The Kier molecular flexibility index (Phi) is 9.05. The minimum atomic E-state index is -3.14.